The molecular weight excluding hydrogens is 200 g/mol. The molecule has 86 valence electrons. The fraction of sp³-hybridized carbons (Fsp3) is 0.462. The minimum atomic E-state index is 0.145. The van der Waals surface area contributed by atoms with Crippen molar-refractivity contribution in [2.45, 2.75) is 13.3 Å². The van der Waals surface area contributed by atoms with E-state index >= 15 is 0 Å². The lowest BCUT2D eigenvalue weighted by atomic mass is 10.1. The number of aryl methyl sites for hydroxylation is 1. The Hall–Kier alpha value is -1.35. The molecule has 1 aliphatic heterocycles. The van der Waals surface area contributed by atoms with E-state index in [2.05, 4.69) is 5.32 Å². The summed E-state index contributed by atoms with van der Waals surface area (Å²) in [5.41, 5.74) is 2.19. The van der Waals surface area contributed by atoms with Gasteiger partial charge in [0, 0.05) is 19.3 Å². The number of nitrogens with zero attached hydrogens (tertiary/aromatic N) is 1. The van der Waals surface area contributed by atoms with E-state index in [0.29, 0.717) is 0 Å². The monoisotopic (exact) mass is 218 g/mol. The Morgan fingerprint density at radius 2 is 2.06 bits per heavy atom. The molecule has 1 atom stereocenters. The average Bonchev–Trinajstić information content (AvgIpc) is 2.81. The molecule has 0 spiro atoms. The van der Waals surface area contributed by atoms with E-state index in [-0.39, 0.29) is 11.8 Å². The highest BCUT2D eigenvalue weighted by Crippen LogP contribution is 2.18. The molecule has 1 heterocycles. The first-order valence-corrected chi connectivity index (χ1v) is 5.73. The molecule has 1 fully saturated rings. The smallest absolute Gasteiger partial charge is 0.231 e. The number of amides is 1. The number of rotatable bonds is 2. The molecular formula is C13H18N2O. The van der Waals surface area contributed by atoms with Crippen LogP contribution < -0.4 is 10.2 Å². The molecule has 1 aliphatic rings. The van der Waals surface area contributed by atoms with Crippen molar-refractivity contribution in [3.63, 3.8) is 0 Å². The lowest BCUT2D eigenvalue weighted by Gasteiger charge is -2.20. The second-order valence-electron chi connectivity index (χ2n) is 4.42. The predicted octanol–water partition coefficient (Wildman–Crippen LogP) is 1.57. The summed E-state index contributed by atoms with van der Waals surface area (Å²) in [6.45, 7) is 3.82. The van der Waals surface area contributed by atoms with E-state index in [9.17, 15) is 4.79 Å². The molecule has 1 aromatic rings. The van der Waals surface area contributed by atoms with Crippen LogP contribution in [0.2, 0.25) is 0 Å². The van der Waals surface area contributed by atoms with Gasteiger partial charge in [0.05, 0.1) is 5.92 Å². The van der Waals surface area contributed by atoms with Crippen LogP contribution in [0, 0.1) is 12.8 Å². The maximum absolute atomic E-state index is 12.1. The van der Waals surface area contributed by atoms with E-state index < -0.39 is 0 Å². The van der Waals surface area contributed by atoms with Crippen LogP contribution in [-0.4, -0.2) is 26.0 Å². The molecule has 0 aliphatic carbocycles. The second-order valence-corrected chi connectivity index (χ2v) is 4.42. The molecule has 0 saturated carbocycles. The highest BCUT2D eigenvalue weighted by molar-refractivity contribution is 5.94. The molecule has 0 bridgehead atoms. The minimum absolute atomic E-state index is 0.145. The van der Waals surface area contributed by atoms with Crippen LogP contribution in [-0.2, 0) is 4.79 Å². The Morgan fingerprint density at radius 3 is 2.62 bits per heavy atom. The topological polar surface area (TPSA) is 32.3 Å². The molecule has 1 aromatic carbocycles. The first kappa shape index (κ1) is 11.1. The SMILES string of the molecule is Cc1ccc(N(C)C(=O)C2CCNC2)cc1. The van der Waals surface area contributed by atoms with Crippen molar-refractivity contribution in [1.82, 2.24) is 5.32 Å². The standard InChI is InChI=1S/C13H18N2O/c1-10-3-5-12(6-4-10)15(2)13(16)11-7-8-14-9-11/h3-6,11,14H,7-9H2,1-2H3. The molecule has 1 unspecified atom stereocenters. The number of carbonyl (C=O) groups is 1. The van der Waals surface area contributed by atoms with Crippen LogP contribution in [0.5, 0.6) is 0 Å². The summed E-state index contributed by atoms with van der Waals surface area (Å²) in [6, 6.07) is 8.06. The number of benzene rings is 1. The minimum Gasteiger partial charge on any atom is -0.316 e. The van der Waals surface area contributed by atoms with Gasteiger partial charge in [-0.1, -0.05) is 17.7 Å². The van der Waals surface area contributed by atoms with Gasteiger partial charge >= 0.3 is 0 Å². The van der Waals surface area contributed by atoms with Gasteiger partial charge in [0.2, 0.25) is 5.91 Å². The average molecular weight is 218 g/mol. The van der Waals surface area contributed by atoms with Gasteiger partial charge in [-0.15, -0.1) is 0 Å². The highest BCUT2D eigenvalue weighted by atomic mass is 16.2. The van der Waals surface area contributed by atoms with Gasteiger partial charge in [0.1, 0.15) is 0 Å². The summed E-state index contributed by atoms with van der Waals surface area (Å²) in [5.74, 6) is 0.361. The van der Waals surface area contributed by atoms with Crippen LogP contribution >= 0.6 is 0 Å². The van der Waals surface area contributed by atoms with Crippen LogP contribution in [0.15, 0.2) is 24.3 Å². The molecule has 0 aromatic heterocycles. The quantitative estimate of drug-likeness (QED) is 0.817. The summed E-state index contributed by atoms with van der Waals surface area (Å²) in [6.07, 6.45) is 0.953. The largest absolute Gasteiger partial charge is 0.316 e. The van der Waals surface area contributed by atoms with Crippen molar-refractivity contribution in [1.29, 1.82) is 0 Å². The fourth-order valence-electron chi connectivity index (χ4n) is 2.03. The Morgan fingerprint density at radius 1 is 1.38 bits per heavy atom. The van der Waals surface area contributed by atoms with E-state index in [4.69, 9.17) is 0 Å². The molecule has 1 N–H and O–H groups in total. The lowest BCUT2D eigenvalue weighted by molar-refractivity contribution is -0.121. The van der Waals surface area contributed by atoms with Gasteiger partial charge in [-0.25, -0.2) is 0 Å². The van der Waals surface area contributed by atoms with E-state index in [1.54, 1.807) is 4.90 Å². The summed E-state index contributed by atoms with van der Waals surface area (Å²) in [7, 11) is 1.85. The van der Waals surface area contributed by atoms with Gasteiger partial charge in [-0.3, -0.25) is 4.79 Å². The van der Waals surface area contributed by atoms with Gasteiger partial charge < -0.3 is 10.2 Å². The fourth-order valence-corrected chi connectivity index (χ4v) is 2.03. The van der Waals surface area contributed by atoms with Crippen molar-refractivity contribution in [2.75, 3.05) is 25.0 Å². The first-order chi connectivity index (χ1) is 7.68. The molecule has 2 rings (SSSR count). The van der Waals surface area contributed by atoms with Crippen LogP contribution in [0.1, 0.15) is 12.0 Å². The zero-order valence-electron chi connectivity index (χ0n) is 9.86. The van der Waals surface area contributed by atoms with Crippen LogP contribution in [0.3, 0.4) is 0 Å². The van der Waals surface area contributed by atoms with Crippen molar-refractivity contribution in [3.05, 3.63) is 29.8 Å². The molecule has 3 nitrogen and oxygen atoms in total. The van der Waals surface area contributed by atoms with Gasteiger partial charge in [-0.2, -0.15) is 0 Å². The summed E-state index contributed by atoms with van der Waals surface area (Å²) in [5, 5.41) is 3.22. The Balaban J connectivity index is 2.08. The lowest BCUT2D eigenvalue weighted by Crippen LogP contribution is -2.33. The van der Waals surface area contributed by atoms with Gasteiger partial charge in [0.25, 0.3) is 0 Å². The summed E-state index contributed by atoms with van der Waals surface area (Å²) < 4.78 is 0. The summed E-state index contributed by atoms with van der Waals surface area (Å²) >= 11 is 0. The third kappa shape index (κ3) is 2.25. The van der Waals surface area contributed by atoms with Crippen molar-refractivity contribution in [2.24, 2.45) is 5.92 Å². The zero-order chi connectivity index (χ0) is 11.5. The van der Waals surface area contributed by atoms with E-state index in [0.717, 1.165) is 25.2 Å². The van der Waals surface area contributed by atoms with Crippen LogP contribution in [0.4, 0.5) is 5.69 Å². The molecule has 1 amide bonds. The molecule has 1 saturated heterocycles. The maximum Gasteiger partial charge on any atom is 0.231 e. The zero-order valence-corrected chi connectivity index (χ0v) is 9.86. The molecule has 16 heavy (non-hydrogen) atoms. The van der Waals surface area contributed by atoms with Gasteiger partial charge in [0.15, 0.2) is 0 Å². The third-order valence-electron chi connectivity index (χ3n) is 3.16. The Kier molecular flexibility index (Phi) is 3.25. The highest BCUT2D eigenvalue weighted by Gasteiger charge is 2.25. The number of anilines is 1. The summed E-state index contributed by atoms with van der Waals surface area (Å²) in [4.78, 5) is 13.9. The van der Waals surface area contributed by atoms with Crippen LogP contribution in [0.25, 0.3) is 0 Å². The number of carbonyl (C=O) groups excluding carboxylic acids is 1. The van der Waals surface area contributed by atoms with E-state index in [1.165, 1.54) is 5.56 Å². The normalized spacial score (nSPS) is 19.8. The van der Waals surface area contributed by atoms with E-state index in [1.807, 2.05) is 38.2 Å². The molecule has 3 heteroatoms. The second kappa shape index (κ2) is 4.66. The Labute approximate surface area is 96.5 Å². The Bertz CT molecular complexity index is 366. The van der Waals surface area contributed by atoms with Crippen molar-refractivity contribution < 1.29 is 4.79 Å². The molecule has 0 radical (unpaired) electrons. The van der Waals surface area contributed by atoms with Crippen molar-refractivity contribution >= 4 is 11.6 Å². The number of nitrogens with one attached hydrogen (secondary N) is 1. The number of hydrogen-bond acceptors (Lipinski definition) is 2. The maximum atomic E-state index is 12.1. The predicted molar refractivity (Wildman–Crippen MR) is 65.6 cm³/mol. The van der Waals surface area contributed by atoms with Gasteiger partial charge in [-0.05, 0) is 32.0 Å². The first-order valence-electron chi connectivity index (χ1n) is 5.73. The van der Waals surface area contributed by atoms with Crippen molar-refractivity contribution in [3.8, 4) is 0 Å². The third-order valence-corrected chi connectivity index (χ3v) is 3.16. The number of hydrogen-bond donors (Lipinski definition) is 1.